The molecule has 190 valence electrons. The van der Waals surface area contributed by atoms with E-state index in [0.717, 1.165) is 29.6 Å². The van der Waals surface area contributed by atoms with E-state index in [4.69, 9.17) is 0 Å². The summed E-state index contributed by atoms with van der Waals surface area (Å²) in [5.74, 6) is -1.00. The third-order valence-electron chi connectivity index (χ3n) is 6.64. The Morgan fingerprint density at radius 2 is 1.46 bits per heavy atom. The second-order valence-corrected chi connectivity index (χ2v) is 10.2. The van der Waals surface area contributed by atoms with Crippen molar-refractivity contribution in [1.29, 1.82) is 0 Å². The van der Waals surface area contributed by atoms with Crippen LogP contribution in [-0.4, -0.2) is 34.1 Å². The van der Waals surface area contributed by atoms with Crippen molar-refractivity contribution in [2.75, 3.05) is 0 Å². The van der Waals surface area contributed by atoms with E-state index >= 15 is 0 Å². The van der Waals surface area contributed by atoms with Gasteiger partial charge in [-0.15, -0.1) is 0 Å². The Morgan fingerprint density at radius 1 is 0.914 bits per heavy atom. The van der Waals surface area contributed by atoms with Crippen molar-refractivity contribution in [2.45, 2.75) is 93.7 Å². The largest absolute Gasteiger partial charge is 0.480 e. The normalized spacial score (nSPS) is 17.7. The van der Waals surface area contributed by atoms with Crippen LogP contribution in [0.15, 0.2) is 59.5 Å². The highest BCUT2D eigenvalue weighted by Crippen LogP contribution is 2.27. The van der Waals surface area contributed by atoms with E-state index < -0.39 is 16.9 Å². The molecule has 4 rings (SSSR count). The first-order valence-corrected chi connectivity index (χ1v) is 13.5. The Kier molecular flexibility index (Phi) is 11.5. The monoisotopic (exact) mass is 499 g/mol. The molecule has 0 unspecified atom stereocenters. The van der Waals surface area contributed by atoms with Gasteiger partial charge < -0.3 is 10.4 Å². The molecule has 3 N–H and O–H groups in total. The van der Waals surface area contributed by atoms with Crippen LogP contribution >= 0.6 is 11.9 Å². The summed E-state index contributed by atoms with van der Waals surface area (Å²) in [6.07, 6.45) is 14.9. The number of hydrogen-bond donors (Lipinski definition) is 3. The number of nitrogens with zero attached hydrogens (tertiary/aromatic N) is 1. The van der Waals surface area contributed by atoms with Crippen LogP contribution in [-0.2, 0) is 11.2 Å². The summed E-state index contributed by atoms with van der Waals surface area (Å²) in [7, 11) is 0. The van der Waals surface area contributed by atoms with Gasteiger partial charge >= 0.3 is 5.97 Å². The number of hydrogen-bond acceptors (Lipinski definition) is 6. The fourth-order valence-electron chi connectivity index (χ4n) is 4.73. The van der Waals surface area contributed by atoms with Crippen LogP contribution in [0.25, 0.3) is 0 Å². The maximum Gasteiger partial charge on any atom is 0.321 e. The van der Waals surface area contributed by atoms with Gasteiger partial charge in [0.1, 0.15) is 10.9 Å². The molecule has 7 nitrogen and oxygen atoms in total. The molecule has 35 heavy (non-hydrogen) atoms. The van der Waals surface area contributed by atoms with Gasteiger partial charge in [-0.1, -0.05) is 81.0 Å². The average Bonchev–Trinajstić information content (AvgIpc) is 2.89. The molecule has 2 aliphatic rings. The fraction of sp³-hybridized carbons (Fsp3) is 0.519. The molecule has 0 saturated heterocycles. The molecule has 0 amide bonds. The Balaban J connectivity index is 0.000000223. The maximum atomic E-state index is 11.3. The summed E-state index contributed by atoms with van der Waals surface area (Å²) in [6.45, 7) is 0. The first kappa shape index (κ1) is 27.2. The maximum absolute atomic E-state index is 11.3. The van der Waals surface area contributed by atoms with Gasteiger partial charge in [-0.05, 0) is 55.7 Å². The molecule has 0 bridgehead atoms. The molecular weight excluding hydrogens is 462 g/mol. The second kappa shape index (κ2) is 14.9. The molecule has 2 aromatic carbocycles. The molecule has 0 aromatic heterocycles. The molecule has 8 heteroatoms. The minimum atomic E-state index is -1.00. The van der Waals surface area contributed by atoms with Gasteiger partial charge in [-0.2, -0.15) is 0 Å². The standard InChI is InChI=1S/C15H14N2O4S.C12H23N/c18-15(19)12(10-11-6-2-1-3-7-11)16-22-14-9-5-4-8-13(14)17(20)21;1-3-7-11(8-4-1)13-12-9-5-2-6-10-12/h1-9,12,16H,10H2,(H,18,19);11-13H,1-10H2/t12-;/m0./s1. The number of nitro benzene ring substituents is 1. The predicted molar refractivity (Wildman–Crippen MR) is 141 cm³/mol. The summed E-state index contributed by atoms with van der Waals surface area (Å²) in [5, 5.41) is 24.1. The van der Waals surface area contributed by atoms with Crippen LogP contribution in [0.1, 0.15) is 69.8 Å². The van der Waals surface area contributed by atoms with Gasteiger partial charge in [0.2, 0.25) is 0 Å². The third kappa shape index (κ3) is 9.63. The summed E-state index contributed by atoms with van der Waals surface area (Å²) >= 11 is 0.959. The zero-order valence-corrected chi connectivity index (χ0v) is 21.1. The molecular formula is C27H37N3O4S. The van der Waals surface area contributed by atoms with Crippen molar-refractivity contribution in [3.8, 4) is 0 Å². The van der Waals surface area contributed by atoms with Crippen molar-refractivity contribution in [2.24, 2.45) is 0 Å². The Morgan fingerprint density at radius 3 is 2.00 bits per heavy atom. The van der Waals surface area contributed by atoms with Crippen molar-refractivity contribution < 1.29 is 14.8 Å². The molecule has 2 saturated carbocycles. The first-order valence-electron chi connectivity index (χ1n) is 12.7. The minimum Gasteiger partial charge on any atom is -0.480 e. The second-order valence-electron chi connectivity index (χ2n) is 9.36. The number of carboxylic acids is 1. The first-order chi connectivity index (χ1) is 17.0. The lowest BCUT2D eigenvalue weighted by Gasteiger charge is -2.30. The van der Waals surface area contributed by atoms with E-state index in [2.05, 4.69) is 10.0 Å². The van der Waals surface area contributed by atoms with Crippen molar-refractivity contribution in [1.82, 2.24) is 10.0 Å². The van der Waals surface area contributed by atoms with Crippen molar-refractivity contribution in [3.63, 3.8) is 0 Å². The number of carboxylic acid groups (broad SMARTS) is 1. The molecule has 0 spiro atoms. The molecule has 2 aliphatic carbocycles. The van der Waals surface area contributed by atoms with Crippen LogP contribution in [0.4, 0.5) is 5.69 Å². The zero-order valence-electron chi connectivity index (χ0n) is 20.2. The lowest BCUT2D eigenvalue weighted by molar-refractivity contribution is -0.387. The van der Waals surface area contributed by atoms with Gasteiger partial charge in [-0.25, -0.2) is 4.72 Å². The molecule has 1 atom stereocenters. The SMILES string of the molecule is C1CCC(NC2CCCCC2)CC1.O=C(O)[C@H](Cc1ccccc1)NSc1ccccc1[N+](=O)[O-]. The van der Waals surface area contributed by atoms with Crippen LogP contribution < -0.4 is 10.0 Å². The topological polar surface area (TPSA) is 104 Å². The molecule has 2 aromatic rings. The lowest BCUT2D eigenvalue weighted by atomic mass is 9.91. The van der Waals surface area contributed by atoms with Crippen molar-refractivity contribution in [3.05, 3.63) is 70.3 Å². The van der Waals surface area contributed by atoms with E-state index in [9.17, 15) is 20.0 Å². The van der Waals surface area contributed by atoms with Gasteiger partial charge in [0.25, 0.3) is 5.69 Å². The van der Waals surface area contributed by atoms with E-state index in [1.807, 2.05) is 30.3 Å². The summed E-state index contributed by atoms with van der Waals surface area (Å²) in [5.41, 5.74) is 0.828. The number of nitro groups is 1. The van der Waals surface area contributed by atoms with Crippen LogP contribution in [0.2, 0.25) is 0 Å². The molecule has 0 radical (unpaired) electrons. The smallest absolute Gasteiger partial charge is 0.321 e. The minimum absolute atomic E-state index is 0.0520. The predicted octanol–water partition coefficient (Wildman–Crippen LogP) is 6.13. The quantitative estimate of drug-likeness (QED) is 0.217. The average molecular weight is 500 g/mol. The number of para-hydroxylation sites is 1. The summed E-state index contributed by atoms with van der Waals surface area (Å²) < 4.78 is 2.79. The van der Waals surface area contributed by atoms with Crippen LogP contribution in [0, 0.1) is 10.1 Å². The number of carbonyl (C=O) groups is 1. The van der Waals surface area contributed by atoms with Gasteiger partial charge in [0.05, 0.1) is 4.92 Å². The van der Waals surface area contributed by atoms with Crippen molar-refractivity contribution >= 4 is 23.6 Å². The fourth-order valence-corrected chi connectivity index (χ4v) is 5.58. The third-order valence-corrected chi connectivity index (χ3v) is 7.60. The lowest BCUT2D eigenvalue weighted by Crippen LogP contribution is -2.40. The summed E-state index contributed by atoms with van der Waals surface area (Å²) in [4.78, 5) is 22.2. The highest BCUT2D eigenvalue weighted by Gasteiger charge is 2.21. The van der Waals surface area contributed by atoms with Gasteiger partial charge in [0, 0.05) is 18.2 Å². The van der Waals surface area contributed by atoms with Gasteiger partial charge in [-0.3, -0.25) is 14.9 Å². The highest BCUT2D eigenvalue weighted by molar-refractivity contribution is 7.97. The highest BCUT2D eigenvalue weighted by atomic mass is 32.2. The Bertz CT molecular complexity index is 900. The number of rotatable bonds is 9. The van der Waals surface area contributed by atoms with E-state index in [1.54, 1.807) is 18.2 Å². The molecule has 2 fully saturated rings. The Labute approximate surface area is 212 Å². The van der Waals surface area contributed by atoms with E-state index in [0.29, 0.717) is 11.3 Å². The zero-order chi connectivity index (χ0) is 24.9. The molecule has 0 heterocycles. The number of benzene rings is 2. The van der Waals surface area contributed by atoms with E-state index in [-0.39, 0.29) is 5.69 Å². The van der Waals surface area contributed by atoms with E-state index in [1.165, 1.54) is 70.3 Å². The number of nitrogens with one attached hydrogen (secondary N) is 2. The Hall–Kier alpha value is -2.42. The van der Waals surface area contributed by atoms with Crippen LogP contribution in [0.3, 0.4) is 0 Å². The van der Waals surface area contributed by atoms with Gasteiger partial charge in [0.15, 0.2) is 0 Å². The van der Waals surface area contributed by atoms with Crippen LogP contribution in [0.5, 0.6) is 0 Å². The summed E-state index contributed by atoms with van der Waals surface area (Å²) in [6, 6.07) is 16.3. The molecule has 0 aliphatic heterocycles. The number of aliphatic carboxylic acids is 1.